The number of nitrogens with zero attached hydrogens (tertiary/aromatic N) is 1. The van der Waals surface area contributed by atoms with Gasteiger partial charge in [-0.3, -0.25) is 9.59 Å². The van der Waals surface area contributed by atoms with Crippen LogP contribution in [0.1, 0.15) is 62.3 Å². The number of aliphatic hydroxyl groups is 1. The van der Waals surface area contributed by atoms with Gasteiger partial charge in [-0.2, -0.15) is 0 Å². The first-order valence-corrected chi connectivity index (χ1v) is 13.3. The van der Waals surface area contributed by atoms with E-state index in [1.54, 1.807) is 6.08 Å². The summed E-state index contributed by atoms with van der Waals surface area (Å²) in [5.41, 5.74) is 2.81. The van der Waals surface area contributed by atoms with E-state index in [9.17, 15) is 29.4 Å². The summed E-state index contributed by atoms with van der Waals surface area (Å²) in [6.45, 7) is 9.29. The standard InChI is InChI=1S/C29H37NO9/c1-15-7-8-16(2)25-20(15)13-21-22(9-10-29(36)18(4)30(6)12-11-28(21,25)29)39-27(35)17(3)37-24(32)14-23(26(33)34)38-19(5)31/h7-9,17-18,21,23,36H,10-14H2,1-6H3,(H,33,34). The first-order chi connectivity index (χ1) is 18.2. The van der Waals surface area contributed by atoms with E-state index < -0.39 is 53.5 Å². The maximum absolute atomic E-state index is 13.1. The molecular formula is C29H37NO9. The zero-order valence-corrected chi connectivity index (χ0v) is 23.3. The second-order valence-electron chi connectivity index (χ2n) is 11.1. The van der Waals surface area contributed by atoms with Crippen LogP contribution in [0.5, 0.6) is 0 Å². The number of aliphatic carboxylic acids is 1. The fraction of sp³-hybridized carbons (Fsp3) is 0.586. The number of likely N-dealkylation sites (N-methyl/N-ethyl adjacent to an activating group) is 1. The molecule has 212 valence electrons. The molecule has 10 heteroatoms. The highest BCUT2D eigenvalue weighted by Gasteiger charge is 2.67. The highest BCUT2D eigenvalue weighted by molar-refractivity contribution is 5.85. The molecule has 2 N–H and O–H groups in total. The van der Waals surface area contributed by atoms with Gasteiger partial charge in [0.05, 0.1) is 12.0 Å². The topological polar surface area (TPSA) is 140 Å². The van der Waals surface area contributed by atoms with Crippen LogP contribution in [0.2, 0.25) is 0 Å². The fourth-order valence-electron chi connectivity index (χ4n) is 6.85. The van der Waals surface area contributed by atoms with E-state index in [1.807, 2.05) is 14.0 Å². The number of carbonyl (C=O) groups excluding carboxylic acids is 3. The van der Waals surface area contributed by atoms with E-state index in [-0.39, 0.29) is 12.0 Å². The van der Waals surface area contributed by atoms with Crippen molar-refractivity contribution in [2.24, 2.45) is 5.92 Å². The third kappa shape index (κ3) is 4.74. The van der Waals surface area contributed by atoms with Gasteiger partial charge in [-0.25, -0.2) is 9.59 Å². The monoisotopic (exact) mass is 543 g/mol. The van der Waals surface area contributed by atoms with E-state index in [0.29, 0.717) is 25.0 Å². The van der Waals surface area contributed by atoms with Crippen LogP contribution in [0.15, 0.2) is 24.0 Å². The molecule has 0 saturated carbocycles. The lowest BCUT2D eigenvalue weighted by Gasteiger charge is -2.60. The maximum atomic E-state index is 13.1. The van der Waals surface area contributed by atoms with Crippen molar-refractivity contribution in [3.05, 3.63) is 46.2 Å². The maximum Gasteiger partial charge on any atom is 0.352 e. The largest absolute Gasteiger partial charge is 0.478 e. The minimum Gasteiger partial charge on any atom is -0.478 e. The van der Waals surface area contributed by atoms with Crippen LogP contribution < -0.4 is 0 Å². The number of piperidine rings is 1. The third-order valence-corrected chi connectivity index (χ3v) is 8.94. The Labute approximate surface area is 227 Å². The average molecular weight is 544 g/mol. The summed E-state index contributed by atoms with van der Waals surface area (Å²) in [5, 5.41) is 21.5. The number of ether oxygens (including phenoxy) is 3. The highest BCUT2D eigenvalue weighted by atomic mass is 16.6. The van der Waals surface area contributed by atoms with Crippen molar-refractivity contribution in [1.29, 1.82) is 0 Å². The Morgan fingerprint density at radius 1 is 1.15 bits per heavy atom. The Balaban J connectivity index is 1.58. The van der Waals surface area contributed by atoms with Gasteiger partial charge in [0.15, 0.2) is 6.10 Å². The molecule has 0 radical (unpaired) electrons. The SMILES string of the molecule is CC(=O)OC(CC(=O)OC(C)C(=O)OC1=CCC2(O)C(C)N(C)CCC23c2c(C)ccc(C)c2CC13)C(=O)O. The molecule has 0 aromatic heterocycles. The van der Waals surface area contributed by atoms with Crippen LogP contribution in [-0.4, -0.2) is 76.4 Å². The lowest BCUT2D eigenvalue weighted by atomic mass is 9.52. The van der Waals surface area contributed by atoms with Crippen molar-refractivity contribution in [2.45, 2.75) is 89.6 Å². The number of aryl methyl sites for hydroxylation is 2. The zero-order valence-electron chi connectivity index (χ0n) is 23.3. The number of carbonyl (C=O) groups is 4. The van der Waals surface area contributed by atoms with Gasteiger partial charge in [0.25, 0.3) is 0 Å². The molecule has 1 aliphatic heterocycles. The lowest BCUT2D eigenvalue weighted by Crippen LogP contribution is -2.69. The normalized spacial score (nSPS) is 29.2. The Kier molecular flexibility index (Phi) is 7.66. The van der Waals surface area contributed by atoms with Gasteiger partial charge in [-0.05, 0) is 82.5 Å². The summed E-state index contributed by atoms with van der Waals surface area (Å²) in [6, 6.07) is 4.03. The van der Waals surface area contributed by atoms with Gasteiger partial charge in [-0.1, -0.05) is 12.1 Å². The van der Waals surface area contributed by atoms with Crippen molar-refractivity contribution >= 4 is 23.9 Å². The highest BCUT2D eigenvalue weighted by Crippen LogP contribution is 2.62. The smallest absolute Gasteiger partial charge is 0.352 e. The molecule has 2 aliphatic carbocycles. The van der Waals surface area contributed by atoms with Crippen LogP contribution in [0, 0.1) is 19.8 Å². The molecule has 6 atom stereocenters. The van der Waals surface area contributed by atoms with E-state index in [0.717, 1.165) is 30.2 Å². The molecule has 39 heavy (non-hydrogen) atoms. The summed E-state index contributed by atoms with van der Waals surface area (Å²) in [4.78, 5) is 50.0. The van der Waals surface area contributed by atoms with Crippen LogP contribution in [0.3, 0.4) is 0 Å². The summed E-state index contributed by atoms with van der Waals surface area (Å²) < 4.78 is 15.6. The lowest BCUT2D eigenvalue weighted by molar-refractivity contribution is -0.174. The quantitative estimate of drug-likeness (QED) is 0.389. The van der Waals surface area contributed by atoms with E-state index >= 15 is 0 Å². The van der Waals surface area contributed by atoms with Gasteiger partial charge in [-0.15, -0.1) is 0 Å². The average Bonchev–Trinajstić information content (AvgIpc) is 3.23. The molecule has 1 saturated heterocycles. The third-order valence-electron chi connectivity index (χ3n) is 8.94. The van der Waals surface area contributed by atoms with Gasteiger partial charge in [0, 0.05) is 30.7 Å². The molecule has 1 aromatic carbocycles. The predicted molar refractivity (Wildman–Crippen MR) is 139 cm³/mol. The van der Waals surface area contributed by atoms with E-state index in [1.165, 1.54) is 12.5 Å². The first kappa shape index (κ1) is 28.8. The van der Waals surface area contributed by atoms with Gasteiger partial charge >= 0.3 is 23.9 Å². The molecule has 1 heterocycles. The number of carboxylic acid groups (broad SMARTS) is 1. The molecular weight excluding hydrogens is 506 g/mol. The molecule has 0 bridgehead atoms. The number of allylic oxidation sites excluding steroid dienone is 1. The Morgan fingerprint density at radius 2 is 1.82 bits per heavy atom. The van der Waals surface area contributed by atoms with Crippen molar-refractivity contribution in [1.82, 2.24) is 4.90 Å². The van der Waals surface area contributed by atoms with Gasteiger partial charge < -0.3 is 29.3 Å². The number of hydrogen-bond acceptors (Lipinski definition) is 9. The van der Waals surface area contributed by atoms with Crippen LogP contribution >= 0.6 is 0 Å². The molecule has 10 nitrogen and oxygen atoms in total. The summed E-state index contributed by atoms with van der Waals surface area (Å²) >= 11 is 0. The van der Waals surface area contributed by atoms with Crippen LogP contribution in [0.25, 0.3) is 0 Å². The second kappa shape index (κ2) is 10.4. The fourth-order valence-corrected chi connectivity index (χ4v) is 6.85. The minimum atomic E-state index is -1.72. The number of carboxylic acids is 1. The van der Waals surface area contributed by atoms with E-state index in [2.05, 4.69) is 35.6 Å². The molecule has 0 amide bonds. The Hall–Kier alpha value is -3.24. The number of rotatable bonds is 7. The first-order valence-electron chi connectivity index (χ1n) is 13.3. The number of hydrogen-bond donors (Lipinski definition) is 2. The number of esters is 3. The van der Waals surface area contributed by atoms with Crippen molar-refractivity contribution in [3.8, 4) is 0 Å². The second-order valence-corrected chi connectivity index (χ2v) is 11.1. The van der Waals surface area contributed by atoms with Crippen LogP contribution in [0.4, 0.5) is 0 Å². The minimum absolute atomic E-state index is 0.132. The summed E-state index contributed by atoms with van der Waals surface area (Å²) in [5.74, 6) is -4.01. The Bertz CT molecular complexity index is 1240. The molecule has 3 aliphatic rings. The predicted octanol–water partition coefficient (Wildman–Crippen LogP) is 2.34. The molecule has 4 rings (SSSR count). The van der Waals surface area contributed by atoms with E-state index in [4.69, 9.17) is 9.47 Å². The number of benzene rings is 1. The zero-order chi connectivity index (χ0) is 28.9. The van der Waals surface area contributed by atoms with Crippen LogP contribution in [-0.2, 0) is 45.2 Å². The summed E-state index contributed by atoms with van der Waals surface area (Å²) in [6.07, 6.45) is -0.412. The van der Waals surface area contributed by atoms with Gasteiger partial charge in [0.2, 0.25) is 6.10 Å². The molecule has 6 unspecified atom stereocenters. The molecule has 1 fully saturated rings. The molecule has 1 spiro atoms. The molecule has 1 aromatic rings. The summed E-state index contributed by atoms with van der Waals surface area (Å²) in [7, 11) is 2.01. The van der Waals surface area contributed by atoms with Crippen molar-refractivity contribution in [2.75, 3.05) is 13.6 Å². The van der Waals surface area contributed by atoms with Crippen molar-refractivity contribution < 1.29 is 43.6 Å². The Morgan fingerprint density at radius 3 is 2.46 bits per heavy atom. The van der Waals surface area contributed by atoms with Crippen molar-refractivity contribution in [3.63, 3.8) is 0 Å². The van der Waals surface area contributed by atoms with Gasteiger partial charge in [0.1, 0.15) is 5.76 Å². The number of fused-ring (bicyclic) bond motifs is 1. The number of likely N-dealkylation sites (tertiary alicyclic amines) is 1.